The molecule has 1 aromatic heterocycles. The predicted octanol–water partition coefficient (Wildman–Crippen LogP) is 4.82. The van der Waals surface area contributed by atoms with Gasteiger partial charge in [-0.2, -0.15) is 0 Å². The fourth-order valence-electron chi connectivity index (χ4n) is 2.40. The first-order valence-electron chi connectivity index (χ1n) is 8.63. The van der Waals surface area contributed by atoms with Crippen LogP contribution in [0.3, 0.4) is 0 Å². The molecule has 142 valence electrons. The summed E-state index contributed by atoms with van der Waals surface area (Å²) in [5, 5.41) is 0. The Morgan fingerprint density at radius 2 is 2.11 bits per heavy atom. The van der Waals surface area contributed by atoms with Crippen molar-refractivity contribution in [2.75, 3.05) is 13.2 Å². The fourth-order valence-corrected chi connectivity index (χ4v) is 2.97. The minimum Gasteiger partial charge on any atom is -0.490 e. The number of nitrogens with zero attached hydrogens (tertiary/aromatic N) is 1. The van der Waals surface area contributed by atoms with E-state index in [1.807, 2.05) is 19.1 Å². The van der Waals surface area contributed by atoms with E-state index in [2.05, 4.69) is 34.8 Å². The van der Waals surface area contributed by atoms with Gasteiger partial charge < -0.3 is 18.6 Å². The van der Waals surface area contributed by atoms with Crippen LogP contribution in [0.4, 0.5) is 0 Å². The third kappa shape index (κ3) is 4.60. The fraction of sp³-hybridized carbons (Fsp3) is 0.300. The van der Waals surface area contributed by atoms with Crippen molar-refractivity contribution in [3.63, 3.8) is 0 Å². The van der Waals surface area contributed by atoms with Gasteiger partial charge in [0.05, 0.1) is 23.9 Å². The Morgan fingerprint density at radius 3 is 2.78 bits per heavy atom. The maximum absolute atomic E-state index is 12.1. The normalized spacial score (nSPS) is 15.2. The van der Waals surface area contributed by atoms with Crippen LogP contribution in [0.25, 0.3) is 6.08 Å². The van der Waals surface area contributed by atoms with E-state index in [1.54, 1.807) is 18.2 Å². The monoisotopic (exact) mass is 433 g/mol. The molecule has 0 amide bonds. The number of rotatable bonds is 7. The molecule has 6 nitrogen and oxygen atoms in total. The molecule has 0 saturated heterocycles. The quantitative estimate of drug-likeness (QED) is 0.462. The first-order chi connectivity index (χ1) is 13.0. The Bertz CT molecular complexity index is 884. The van der Waals surface area contributed by atoms with Gasteiger partial charge in [-0.1, -0.05) is 13.8 Å². The average Bonchev–Trinajstić information content (AvgIpc) is 3.25. The smallest absolute Gasteiger partial charge is 0.363 e. The van der Waals surface area contributed by atoms with Gasteiger partial charge in [-0.15, -0.1) is 0 Å². The molecule has 2 aromatic rings. The van der Waals surface area contributed by atoms with Gasteiger partial charge >= 0.3 is 5.97 Å². The molecule has 3 rings (SSSR count). The van der Waals surface area contributed by atoms with E-state index in [-0.39, 0.29) is 11.6 Å². The molecule has 0 aliphatic carbocycles. The van der Waals surface area contributed by atoms with Gasteiger partial charge in [-0.3, -0.25) is 0 Å². The second kappa shape index (κ2) is 8.43. The van der Waals surface area contributed by atoms with Crippen molar-refractivity contribution in [3.05, 3.63) is 52.0 Å². The second-order valence-corrected chi connectivity index (χ2v) is 7.14. The third-order valence-electron chi connectivity index (χ3n) is 3.55. The van der Waals surface area contributed by atoms with E-state index < -0.39 is 5.97 Å². The van der Waals surface area contributed by atoms with Gasteiger partial charge in [0.25, 0.3) is 5.90 Å². The van der Waals surface area contributed by atoms with Crippen LogP contribution < -0.4 is 9.47 Å². The molecule has 0 N–H and O–H groups in total. The number of ether oxygens (including phenoxy) is 3. The zero-order chi connectivity index (χ0) is 19.4. The largest absolute Gasteiger partial charge is 0.490 e. The lowest BCUT2D eigenvalue weighted by atomic mass is 10.1. The Labute approximate surface area is 166 Å². The number of hydrogen-bond acceptors (Lipinski definition) is 6. The number of benzene rings is 1. The van der Waals surface area contributed by atoms with E-state index in [1.165, 1.54) is 6.26 Å². The molecule has 27 heavy (non-hydrogen) atoms. The molecular weight excluding hydrogens is 414 g/mol. The molecule has 7 heteroatoms. The van der Waals surface area contributed by atoms with Crippen molar-refractivity contribution in [1.82, 2.24) is 0 Å². The molecule has 0 radical (unpaired) electrons. The highest BCUT2D eigenvalue weighted by atomic mass is 79.9. The highest BCUT2D eigenvalue weighted by Gasteiger charge is 2.26. The van der Waals surface area contributed by atoms with Crippen LogP contribution >= 0.6 is 15.9 Å². The number of halogens is 1. The molecule has 1 aliphatic heterocycles. The maximum Gasteiger partial charge on any atom is 0.363 e. The molecule has 2 heterocycles. The third-order valence-corrected chi connectivity index (χ3v) is 4.14. The molecule has 0 saturated carbocycles. The molecular formula is C20H20BrNO5. The Balaban J connectivity index is 1.92. The zero-order valence-electron chi connectivity index (χ0n) is 15.3. The van der Waals surface area contributed by atoms with Gasteiger partial charge in [-0.05, 0) is 64.7 Å². The van der Waals surface area contributed by atoms with E-state index in [9.17, 15) is 4.79 Å². The summed E-state index contributed by atoms with van der Waals surface area (Å²) in [5.74, 6) is 1.64. The summed E-state index contributed by atoms with van der Waals surface area (Å²) >= 11 is 3.52. The topological polar surface area (TPSA) is 70.3 Å². The van der Waals surface area contributed by atoms with Crippen LogP contribution in [0.15, 0.2) is 50.1 Å². The summed E-state index contributed by atoms with van der Waals surface area (Å²) < 4.78 is 22.7. The molecule has 1 aromatic carbocycles. The van der Waals surface area contributed by atoms with Crippen molar-refractivity contribution >= 4 is 33.9 Å². The number of carbonyl (C=O) groups excluding carboxylic acids is 1. The number of esters is 1. The number of aliphatic imine (C=N–C) groups is 1. The van der Waals surface area contributed by atoms with Crippen LogP contribution in [0, 0.1) is 5.92 Å². The van der Waals surface area contributed by atoms with E-state index in [0.29, 0.717) is 36.4 Å². The van der Waals surface area contributed by atoms with Gasteiger partial charge in [0.15, 0.2) is 23.0 Å². The number of furan rings is 1. The summed E-state index contributed by atoms with van der Waals surface area (Å²) in [6, 6.07) is 7.04. The number of carbonyl (C=O) groups is 1. The first kappa shape index (κ1) is 19.2. The summed E-state index contributed by atoms with van der Waals surface area (Å²) in [5.41, 5.74) is 0.921. The minimum absolute atomic E-state index is 0.150. The predicted molar refractivity (Wildman–Crippen MR) is 105 cm³/mol. The van der Waals surface area contributed by atoms with E-state index in [0.717, 1.165) is 10.0 Å². The SMILES string of the molecule is CCOc1cc(/C=C2\N=C(c3ccco3)OC2=O)cc(Br)c1OCC(C)C. The van der Waals surface area contributed by atoms with Gasteiger partial charge in [0.1, 0.15) is 0 Å². The second-order valence-electron chi connectivity index (χ2n) is 6.28. The summed E-state index contributed by atoms with van der Waals surface area (Å²) in [4.78, 5) is 16.3. The number of cyclic esters (lactones) is 1. The lowest BCUT2D eigenvalue weighted by molar-refractivity contribution is -0.130. The van der Waals surface area contributed by atoms with E-state index >= 15 is 0 Å². The molecule has 0 atom stereocenters. The molecule has 0 spiro atoms. The Morgan fingerprint density at radius 1 is 1.30 bits per heavy atom. The molecule has 0 fully saturated rings. The summed E-state index contributed by atoms with van der Waals surface area (Å²) in [6.07, 6.45) is 3.13. The van der Waals surface area contributed by atoms with Crippen LogP contribution in [0.2, 0.25) is 0 Å². The van der Waals surface area contributed by atoms with Crippen LogP contribution in [-0.2, 0) is 9.53 Å². The maximum atomic E-state index is 12.1. The van der Waals surface area contributed by atoms with Gasteiger partial charge in [-0.25, -0.2) is 9.79 Å². The lowest BCUT2D eigenvalue weighted by Gasteiger charge is -2.16. The van der Waals surface area contributed by atoms with Gasteiger partial charge in [0, 0.05) is 0 Å². The highest BCUT2D eigenvalue weighted by Crippen LogP contribution is 2.38. The minimum atomic E-state index is -0.532. The van der Waals surface area contributed by atoms with Crippen molar-refractivity contribution in [3.8, 4) is 11.5 Å². The van der Waals surface area contributed by atoms with Crippen LogP contribution in [0.5, 0.6) is 11.5 Å². The zero-order valence-corrected chi connectivity index (χ0v) is 16.9. The van der Waals surface area contributed by atoms with E-state index in [4.69, 9.17) is 18.6 Å². The molecule has 0 unspecified atom stereocenters. The van der Waals surface area contributed by atoms with Crippen LogP contribution in [-0.4, -0.2) is 25.1 Å². The lowest BCUT2D eigenvalue weighted by Crippen LogP contribution is -2.07. The van der Waals surface area contributed by atoms with Crippen molar-refractivity contribution < 1.29 is 23.4 Å². The standard InChI is InChI=1S/C20H20BrNO5/c1-4-24-17-10-13(8-14(21)18(17)26-11-12(2)3)9-15-20(23)27-19(22-15)16-6-5-7-25-16/h5-10,12H,4,11H2,1-3H3/b15-9-. The first-order valence-corrected chi connectivity index (χ1v) is 9.42. The van der Waals surface area contributed by atoms with Gasteiger partial charge in [0.2, 0.25) is 0 Å². The van der Waals surface area contributed by atoms with Crippen molar-refractivity contribution in [1.29, 1.82) is 0 Å². The highest BCUT2D eigenvalue weighted by molar-refractivity contribution is 9.10. The molecule has 1 aliphatic rings. The van der Waals surface area contributed by atoms with Crippen molar-refractivity contribution in [2.24, 2.45) is 10.9 Å². The Kier molecular flexibility index (Phi) is 6.01. The summed E-state index contributed by atoms with van der Waals surface area (Å²) in [7, 11) is 0. The Hall–Kier alpha value is -2.54. The van der Waals surface area contributed by atoms with Crippen LogP contribution in [0.1, 0.15) is 32.1 Å². The number of hydrogen-bond donors (Lipinski definition) is 0. The molecule has 0 bridgehead atoms. The summed E-state index contributed by atoms with van der Waals surface area (Å²) in [6.45, 7) is 7.12. The van der Waals surface area contributed by atoms with Crippen molar-refractivity contribution in [2.45, 2.75) is 20.8 Å². The average molecular weight is 434 g/mol.